The third kappa shape index (κ3) is 5.59. The molecule has 0 spiro atoms. The average molecular weight is 441 g/mol. The number of aromatic nitrogens is 2. The lowest BCUT2D eigenvalue weighted by Crippen LogP contribution is -2.41. The third-order valence-electron chi connectivity index (χ3n) is 4.63. The molecular weight excluding hydrogens is 416 g/mol. The molecule has 1 amide bonds. The number of benzene rings is 1. The fourth-order valence-electron chi connectivity index (χ4n) is 3.09. The van der Waals surface area contributed by atoms with Gasteiger partial charge in [0, 0.05) is 26.3 Å². The van der Waals surface area contributed by atoms with E-state index in [1.54, 1.807) is 13.2 Å². The number of carbonyl (C=O) groups excluding carboxylic acids is 1. The van der Waals surface area contributed by atoms with Gasteiger partial charge >= 0.3 is 5.69 Å². The number of aromatic amines is 1. The SMILES string of the molecule is COCCCN(C(=O)C=Cc1ccsc1)c1c(N)n(Cc2ccccc2)c(=O)[nH]c1=O. The maximum Gasteiger partial charge on any atom is 0.330 e. The van der Waals surface area contributed by atoms with E-state index in [-0.39, 0.29) is 24.6 Å². The van der Waals surface area contributed by atoms with Crippen molar-refractivity contribution in [3.8, 4) is 0 Å². The first-order chi connectivity index (χ1) is 15.0. The molecule has 2 heterocycles. The van der Waals surface area contributed by atoms with Crippen molar-refractivity contribution in [1.82, 2.24) is 9.55 Å². The molecule has 9 heteroatoms. The molecule has 31 heavy (non-hydrogen) atoms. The van der Waals surface area contributed by atoms with E-state index >= 15 is 0 Å². The molecular formula is C22H24N4O4S. The molecule has 0 aliphatic heterocycles. The van der Waals surface area contributed by atoms with Crippen molar-refractivity contribution in [2.45, 2.75) is 13.0 Å². The Labute approximate surface area is 183 Å². The number of H-pyrrole nitrogens is 1. The number of amides is 1. The second kappa shape index (κ2) is 10.6. The van der Waals surface area contributed by atoms with Gasteiger partial charge in [-0.05, 0) is 40.5 Å². The summed E-state index contributed by atoms with van der Waals surface area (Å²) in [4.78, 5) is 41.7. The van der Waals surface area contributed by atoms with Crippen molar-refractivity contribution in [3.63, 3.8) is 0 Å². The van der Waals surface area contributed by atoms with Crippen molar-refractivity contribution in [2.24, 2.45) is 0 Å². The summed E-state index contributed by atoms with van der Waals surface area (Å²) in [6, 6.07) is 11.1. The lowest BCUT2D eigenvalue weighted by Gasteiger charge is -2.23. The standard InChI is InChI=1S/C22H24N4O4S/c1-30-12-5-11-25(18(27)9-8-17-10-13-31-15-17)19-20(23)26(22(29)24-21(19)28)14-16-6-3-2-4-7-16/h2-4,6-10,13,15H,5,11-12,14,23H2,1H3,(H,24,28,29). The molecule has 2 aromatic heterocycles. The number of anilines is 2. The maximum absolute atomic E-state index is 13.0. The van der Waals surface area contributed by atoms with E-state index in [1.165, 1.54) is 26.9 Å². The minimum absolute atomic E-state index is 0.0494. The van der Waals surface area contributed by atoms with Crippen molar-refractivity contribution in [1.29, 1.82) is 0 Å². The van der Waals surface area contributed by atoms with Crippen LogP contribution in [0.3, 0.4) is 0 Å². The Hall–Kier alpha value is -3.43. The number of thiophene rings is 1. The van der Waals surface area contributed by atoms with Gasteiger partial charge in [0.1, 0.15) is 5.82 Å². The Morgan fingerprint density at radius 2 is 2.03 bits per heavy atom. The zero-order valence-electron chi connectivity index (χ0n) is 17.1. The quantitative estimate of drug-likeness (QED) is 0.392. The zero-order chi connectivity index (χ0) is 22.2. The minimum atomic E-state index is -0.707. The molecule has 1 aromatic carbocycles. The summed E-state index contributed by atoms with van der Waals surface area (Å²) in [5, 5.41) is 3.81. The fraction of sp³-hybridized carbons (Fsp3) is 0.227. The van der Waals surface area contributed by atoms with Crippen LogP contribution >= 0.6 is 11.3 Å². The monoisotopic (exact) mass is 440 g/mol. The number of hydrogen-bond acceptors (Lipinski definition) is 6. The van der Waals surface area contributed by atoms with Gasteiger partial charge in [0.05, 0.1) is 6.54 Å². The van der Waals surface area contributed by atoms with Gasteiger partial charge in [-0.15, -0.1) is 0 Å². The number of nitrogens with two attached hydrogens (primary N) is 1. The molecule has 0 atom stereocenters. The van der Waals surface area contributed by atoms with E-state index in [0.717, 1.165) is 11.1 Å². The minimum Gasteiger partial charge on any atom is -0.385 e. The first-order valence-corrected chi connectivity index (χ1v) is 10.6. The first-order valence-electron chi connectivity index (χ1n) is 9.68. The topological polar surface area (TPSA) is 110 Å². The van der Waals surface area contributed by atoms with Crippen LogP contribution < -0.4 is 21.9 Å². The molecule has 3 aromatic rings. The number of ether oxygens (including phenoxy) is 1. The number of carbonyl (C=O) groups is 1. The predicted molar refractivity (Wildman–Crippen MR) is 123 cm³/mol. The van der Waals surface area contributed by atoms with Gasteiger partial charge in [-0.25, -0.2) is 4.79 Å². The number of nitrogens with one attached hydrogen (secondary N) is 1. The van der Waals surface area contributed by atoms with Gasteiger partial charge in [0.15, 0.2) is 5.69 Å². The van der Waals surface area contributed by atoms with Crippen LogP contribution in [0.4, 0.5) is 11.5 Å². The van der Waals surface area contributed by atoms with Crippen LogP contribution in [0.15, 0.2) is 62.8 Å². The smallest absolute Gasteiger partial charge is 0.330 e. The number of nitrogens with zero attached hydrogens (tertiary/aromatic N) is 2. The van der Waals surface area contributed by atoms with Crippen molar-refractivity contribution < 1.29 is 9.53 Å². The molecule has 0 bridgehead atoms. The molecule has 0 fully saturated rings. The summed E-state index contributed by atoms with van der Waals surface area (Å²) in [5.74, 6) is -0.475. The number of hydrogen-bond donors (Lipinski definition) is 2. The highest BCUT2D eigenvalue weighted by Gasteiger charge is 2.23. The summed E-state index contributed by atoms with van der Waals surface area (Å²) in [6.07, 6.45) is 3.55. The van der Waals surface area contributed by atoms with Gasteiger partial charge in [-0.2, -0.15) is 11.3 Å². The normalized spacial score (nSPS) is 11.1. The second-order valence-electron chi connectivity index (χ2n) is 6.79. The maximum atomic E-state index is 13.0. The highest BCUT2D eigenvalue weighted by molar-refractivity contribution is 7.08. The molecule has 0 aliphatic rings. The van der Waals surface area contributed by atoms with Gasteiger partial charge in [-0.3, -0.25) is 19.1 Å². The van der Waals surface area contributed by atoms with Crippen molar-refractivity contribution in [3.05, 3.63) is 85.2 Å². The Balaban J connectivity index is 2.00. The predicted octanol–water partition coefficient (Wildman–Crippen LogP) is 2.31. The molecule has 3 N–H and O–H groups in total. The van der Waals surface area contributed by atoms with Crippen LogP contribution in [-0.2, 0) is 16.1 Å². The zero-order valence-corrected chi connectivity index (χ0v) is 17.9. The van der Waals surface area contributed by atoms with Crippen LogP contribution in [0.1, 0.15) is 17.5 Å². The second-order valence-corrected chi connectivity index (χ2v) is 7.57. The van der Waals surface area contributed by atoms with Crippen LogP contribution in [0.25, 0.3) is 6.08 Å². The first kappa shape index (κ1) is 22.3. The highest BCUT2D eigenvalue weighted by atomic mass is 32.1. The molecule has 0 unspecified atom stereocenters. The van der Waals surface area contributed by atoms with E-state index in [9.17, 15) is 14.4 Å². The largest absolute Gasteiger partial charge is 0.385 e. The van der Waals surface area contributed by atoms with Gasteiger partial charge in [-0.1, -0.05) is 30.3 Å². The van der Waals surface area contributed by atoms with Crippen molar-refractivity contribution in [2.75, 3.05) is 30.9 Å². The third-order valence-corrected chi connectivity index (χ3v) is 5.33. The Kier molecular flexibility index (Phi) is 7.58. The average Bonchev–Trinajstić information content (AvgIpc) is 3.28. The summed E-state index contributed by atoms with van der Waals surface area (Å²) < 4.78 is 6.34. The molecule has 8 nitrogen and oxygen atoms in total. The van der Waals surface area contributed by atoms with E-state index in [2.05, 4.69) is 4.98 Å². The number of rotatable bonds is 9. The summed E-state index contributed by atoms with van der Waals surface area (Å²) >= 11 is 1.52. The van der Waals surface area contributed by atoms with E-state index in [0.29, 0.717) is 13.0 Å². The van der Waals surface area contributed by atoms with Gasteiger partial charge in [0.25, 0.3) is 11.5 Å². The summed E-state index contributed by atoms with van der Waals surface area (Å²) in [6.45, 7) is 0.775. The summed E-state index contributed by atoms with van der Waals surface area (Å²) in [7, 11) is 1.56. The summed E-state index contributed by atoms with van der Waals surface area (Å²) in [5.41, 5.74) is 6.59. The van der Waals surface area contributed by atoms with Crippen LogP contribution in [0, 0.1) is 0 Å². The van der Waals surface area contributed by atoms with Crippen LogP contribution in [-0.4, -0.2) is 35.7 Å². The van der Waals surface area contributed by atoms with Crippen LogP contribution in [0.5, 0.6) is 0 Å². The van der Waals surface area contributed by atoms with Gasteiger partial charge < -0.3 is 15.4 Å². The molecule has 0 saturated carbocycles. The lowest BCUT2D eigenvalue weighted by molar-refractivity contribution is -0.114. The Bertz CT molecular complexity index is 1150. The molecule has 3 rings (SSSR count). The van der Waals surface area contributed by atoms with E-state index in [1.807, 2.05) is 47.2 Å². The Morgan fingerprint density at radius 3 is 2.71 bits per heavy atom. The molecule has 0 aliphatic carbocycles. The van der Waals surface area contributed by atoms with Gasteiger partial charge in [0.2, 0.25) is 0 Å². The molecule has 0 saturated heterocycles. The highest BCUT2D eigenvalue weighted by Crippen LogP contribution is 2.19. The lowest BCUT2D eigenvalue weighted by atomic mass is 10.2. The van der Waals surface area contributed by atoms with E-state index < -0.39 is 17.2 Å². The molecule has 162 valence electrons. The Morgan fingerprint density at radius 1 is 1.26 bits per heavy atom. The molecule has 0 radical (unpaired) electrons. The van der Waals surface area contributed by atoms with Crippen LogP contribution in [0.2, 0.25) is 0 Å². The fourth-order valence-corrected chi connectivity index (χ4v) is 3.72. The van der Waals surface area contributed by atoms with E-state index in [4.69, 9.17) is 10.5 Å². The number of nitrogen functional groups attached to an aromatic ring is 1. The van der Waals surface area contributed by atoms with Crippen molar-refractivity contribution >= 4 is 34.8 Å². The number of methoxy groups -OCH3 is 1.